The normalized spacial score (nSPS) is 32.4. The van der Waals surface area contributed by atoms with Crippen molar-refractivity contribution in [2.45, 2.75) is 126 Å². The van der Waals surface area contributed by atoms with E-state index >= 15 is 0 Å². The van der Waals surface area contributed by atoms with Gasteiger partial charge in [-0.3, -0.25) is 4.89 Å². The van der Waals surface area contributed by atoms with Crippen LogP contribution < -0.4 is 0 Å². The Morgan fingerprint density at radius 3 is 1.82 bits per heavy atom. The van der Waals surface area contributed by atoms with Gasteiger partial charge in [0.25, 0.3) is 0 Å². The Hall–Kier alpha value is -5.90. The number of phenols is 2. The maximum atomic E-state index is 12.8. The minimum atomic E-state index is -2.51. The maximum Gasteiger partial charge on any atom is 0.368 e. The van der Waals surface area contributed by atoms with E-state index in [1.54, 1.807) is 62.5 Å². The molecule has 1 aromatic carbocycles. The average Bonchev–Trinajstić information content (AvgIpc) is 3.32. The molecule has 2 heterocycles. The van der Waals surface area contributed by atoms with E-state index in [4.69, 9.17) is 33.5 Å². The van der Waals surface area contributed by atoms with Gasteiger partial charge in [0.2, 0.25) is 6.29 Å². The summed E-state index contributed by atoms with van der Waals surface area (Å²) in [7, 11) is 0. The van der Waals surface area contributed by atoms with Crippen molar-refractivity contribution in [3.8, 4) is 11.5 Å². The van der Waals surface area contributed by atoms with Gasteiger partial charge in [0.05, 0.1) is 19.3 Å². The standard InChI is InChI=1S/C48H60O23/c1-24(11-7-13-26(3)43(60)69-46-41(59)39(57)37(55)34(68-46)23-65-45-40(58)38(56)36(54)33(22-49)67-45)9-5-6-10-25(2)12-8-14-27(4)44(61)71-70-42-31(52)20-48(64,47(62)63)21-32(42)66-35(53)18-16-28-15-17-29(50)30(51)19-28/h5-19,31-34,36-42,45-46,49-52,54-59,64H,20-23H2,1-4H3,(H,62,63)/b6-5+,11-7+,12-8+,18-16+,24-9+,25-10+,26-13+,27-14+/t31-,32-,33-,34-,36-,37-,38+,39+,40-,41-,42-,45-,46+,48+/m1/s1. The fraction of sp³-hybridized carbons (Fsp3) is 0.458. The third kappa shape index (κ3) is 16.3. The second-order valence-electron chi connectivity index (χ2n) is 16.9. The second kappa shape index (κ2) is 26.5. The number of phenolic OH excluding ortho intramolecular Hbond substituents is 2. The molecule has 0 amide bonds. The number of hydrogen-bond donors (Lipinski definition) is 12. The number of carboxylic acids is 1. The summed E-state index contributed by atoms with van der Waals surface area (Å²) >= 11 is 0. The first-order valence-electron chi connectivity index (χ1n) is 21.9. The Morgan fingerprint density at radius 2 is 1.24 bits per heavy atom. The zero-order valence-corrected chi connectivity index (χ0v) is 38.9. The van der Waals surface area contributed by atoms with Gasteiger partial charge in [-0.05, 0) is 51.5 Å². The minimum absolute atomic E-state index is 0.0406. The summed E-state index contributed by atoms with van der Waals surface area (Å²) in [5, 5.41) is 121. The van der Waals surface area contributed by atoms with Gasteiger partial charge in [-0.1, -0.05) is 78.0 Å². The minimum Gasteiger partial charge on any atom is -0.504 e. The zero-order valence-electron chi connectivity index (χ0n) is 38.9. The molecule has 71 heavy (non-hydrogen) atoms. The quantitative estimate of drug-likeness (QED) is 0.0207. The molecule has 1 aromatic rings. The number of aliphatic hydroxyl groups excluding tert-OH is 8. The summed E-state index contributed by atoms with van der Waals surface area (Å²) in [5.41, 5.74) is -0.594. The predicted octanol–water partition coefficient (Wildman–Crippen LogP) is -0.542. The van der Waals surface area contributed by atoms with Gasteiger partial charge in [-0.15, -0.1) is 0 Å². The summed E-state index contributed by atoms with van der Waals surface area (Å²) in [5.74, 6) is -5.53. The number of hydrogen-bond acceptors (Lipinski definition) is 22. The number of carbonyl (C=O) groups is 4. The topological polar surface area (TPSA) is 376 Å². The number of carboxylic acid groups (broad SMARTS) is 1. The molecule has 390 valence electrons. The lowest BCUT2D eigenvalue weighted by Crippen LogP contribution is -2.61. The number of carbonyl (C=O) groups excluding carboxylic acids is 3. The SMILES string of the molecule is CC(/C=C/C=C(\C)C(=O)OO[C@@H]1[C@H](O)C[C@@](O)(C(=O)O)C[C@H]1OC(=O)/C=C/c1ccc(O)c(O)c1)=C\C=C\C=C(C)\C=C\C=C(/C)C(=O)O[C@@H]1O[C@H](CO[C@@H]2O[C@H](CO)[C@@H](O)[C@H](O)[C@H]2O)[C@@H](O)[C@H](O)[C@H]1O. The lowest BCUT2D eigenvalue weighted by Gasteiger charge is -2.42. The van der Waals surface area contributed by atoms with Crippen LogP contribution in [0.1, 0.15) is 46.1 Å². The molecule has 0 bridgehead atoms. The van der Waals surface area contributed by atoms with Crippen molar-refractivity contribution in [3.63, 3.8) is 0 Å². The van der Waals surface area contributed by atoms with E-state index in [0.29, 0.717) is 0 Å². The Morgan fingerprint density at radius 1 is 0.676 bits per heavy atom. The smallest absolute Gasteiger partial charge is 0.368 e. The number of rotatable bonds is 19. The molecule has 3 fully saturated rings. The van der Waals surface area contributed by atoms with Crippen molar-refractivity contribution in [2.75, 3.05) is 13.2 Å². The summed E-state index contributed by atoms with van der Waals surface area (Å²) in [6.07, 6.45) is -4.69. The Balaban J connectivity index is 1.25. The Bertz CT molecular complexity index is 2270. The third-order valence-corrected chi connectivity index (χ3v) is 11.2. The van der Waals surface area contributed by atoms with Crippen LogP contribution in [0.2, 0.25) is 0 Å². The van der Waals surface area contributed by atoms with Gasteiger partial charge in [-0.2, -0.15) is 4.89 Å². The summed E-state index contributed by atoms with van der Waals surface area (Å²) in [6, 6.07) is 3.71. The number of allylic oxidation sites excluding steroid dienone is 12. The van der Waals surface area contributed by atoms with Crippen molar-refractivity contribution >= 4 is 30.0 Å². The highest BCUT2D eigenvalue weighted by Gasteiger charge is 2.53. The van der Waals surface area contributed by atoms with Gasteiger partial charge in [0, 0.05) is 30.1 Å². The van der Waals surface area contributed by atoms with Crippen LogP contribution in [0.3, 0.4) is 0 Å². The molecule has 23 nitrogen and oxygen atoms in total. The largest absolute Gasteiger partial charge is 0.504 e. The van der Waals surface area contributed by atoms with Gasteiger partial charge in [-0.25, -0.2) is 19.2 Å². The molecule has 14 atom stereocenters. The highest BCUT2D eigenvalue weighted by Crippen LogP contribution is 2.34. The number of aliphatic carboxylic acids is 1. The average molecular weight is 1000 g/mol. The molecule has 1 aliphatic carbocycles. The third-order valence-electron chi connectivity index (χ3n) is 11.2. The fourth-order valence-electron chi connectivity index (χ4n) is 6.91. The number of aromatic hydroxyl groups is 2. The molecule has 2 saturated heterocycles. The lowest BCUT2D eigenvalue weighted by atomic mass is 9.79. The summed E-state index contributed by atoms with van der Waals surface area (Å²) < 4.78 is 26.6. The van der Waals surface area contributed by atoms with E-state index in [0.717, 1.165) is 23.3 Å². The van der Waals surface area contributed by atoms with Crippen LogP contribution in [-0.2, 0) is 52.6 Å². The molecule has 23 heteroatoms. The van der Waals surface area contributed by atoms with Crippen molar-refractivity contribution in [1.82, 2.24) is 0 Å². The lowest BCUT2D eigenvalue weighted by molar-refractivity contribution is -0.335. The van der Waals surface area contributed by atoms with Crippen LogP contribution in [0.15, 0.2) is 107 Å². The van der Waals surface area contributed by atoms with E-state index in [1.807, 2.05) is 0 Å². The van der Waals surface area contributed by atoms with Crippen LogP contribution >= 0.6 is 0 Å². The molecule has 4 rings (SSSR count). The van der Waals surface area contributed by atoms with Crippen LogP contribution in [0, 0.1) is 0 Å². The van der Waals surface area contributed by atoms with Crippen LogP contribution in [0.4, 0.5) is 0 Å². The second-order valence-corrected chi connectivity index (χ2v) is 16.9. The van der Waals surface area contributed by atoms with Crippen molar-refractivity contribution in [2.24, 2.45) is 0 Å². The molecule has 1 saturated carbocycles. The van der Waals surface area contributed by atoms with Gasteiger partial charge in [0.15, 0.2) is 29.5 Å². The highest BCUT2D eigenvalue weighted by atomic mass is 17.2. The van der Waals surface area contributed by atoms with Crippen molar-refractivity contribution in [3.05, 3.63) is 113 Å². The fourth-order valence-corrected chi connectivity index (χ4v) is 6.91. The van der Waals surface area contributed by atoms with Gasteiger partial charge < -0.3 is 85.0 Å². The Kier molecular flexibility index (Phi) is 21.5. The number of ether oxygens (including phenoxy) is 5. The van der Waals surface area contributed by atoms with Gasteiger partial charge in [0.1, 0.15) is 54.9 Å². The molecule has 0 unspecified atom stereocenters. The van der Waals surface area contributed by atoms with Crippen LogP contribution in [-0.4, -0.2) is 184 Å². The molecule has 12 N–H and O–H groups in total. The summed E-state index contributed by atoms with van der Waals surface area (Å²) in [4.78, 5) is 60.0. The first kappa shape index (κ1) is 57.7. The van der Waals surface area contributed by atoms with Gasteiger partial charge >= 0.3 is 23.9 Å². The summed E-state index contributed by atoms with van der Waals surface area (Å²) in [6.45, 7) is 5.06. The molecule has 0 aromatic heterocycles. The molecule has 3 aliphatic rings. The van der Waals surface area contributed by atoms with E-state index in [-0.39, 0.29) is 16.7 Å². The van der Waals surface area contributed by atoms with Crippen molar-refractivity contribution in [1.29, 1.82) is 0 Å². The number of benzene rings is 1. The van der Waals surface area contributed by atoms with E-state index in [1.165, 1.54) is 44.2 Å². The zero-order chi connectivity index (χ0) is 52.7. The van der Waals surface area contributed by atoms with E-state index in [9.17, 15) is 80.5 Å². The van der Waals surface area contributed by atoms with Crippen LogP contribution in [0.5, 0.6) is 11.5 Å². The predicted molar refractivity (Wildman–Crippen MR) is 242 cm³/mol. The molecular formula is C48H60O23. The molecule has 0 radical (unpaired) electrons. The highest BCUT2D eigenvalue weighted by molar-refractivity contribution is 5.89. The first-order chi connectivity index (χ1) is 33.5. The van der Waals surface area contributed by atoms with E-state index < -0.39 is 147 Å². The van der Waals surface area contributed by atoms with E-state index in [2.05, 4.69) is 0 Å². The molecule has 0 spiro atoms. The van der Waals surface area contributed by atoms with Crippen molar-refractivity contribution < 1.29 is 114 Å². The Labute approximate surface area is 406 Å². The molecule has 2 aliphatic heterocycles. The maximum absolute atomic E-state index is 12.8. The number of esters is 2. The molecular weight excluding hydrogens is 945 g/mol. The monoisotopic (exact) mass is 1000 g/mol. The van der Waals surface area contributed by atoms with Crippen LogP contribution in [0.25, 0.3) is 6.08 Å². The number of aliphatic hydroxyl groups is 9. The first-order valence-corrected chi connectivity index (χ1v) is 21.9.